The van der Waals surface area contributed by atoms with Crippen LogP contribution in [-0.4, -0.2) is 67.3 Å². The molecule has 1 fully saturated rings. The van der Waals surface area contributed by atoms with Crippen molar-refractivity contribution in [2.75, 3.05) is 13.1 Å². The average Bonchev–Trinajstić information content (AvgIpc) is 3.46. The number of benzene rings is 1. The summed E-state index contributed by atoms with van der Waals surface area (Å²) < 4.78 is 8.12. The largest absolute Gasteiger partial charge is 0.444 e. The molecule has 0 aliphatic carbocycles. The second kappa shape index (κ2) is 10.7. The first-order chi connectivity index (χ1) is 17.0. The SMILES string of the molecule is CC(C)N(C(=O)c1csc(-c2nn(-c3ccccc3)cc2Br)n1)C1CCN(C(=O)OC(C)(C)C)CC1. The summed E-state index contributed by atoms with van der Waals surface area (Å²) in [5.74, 6) is -0.0955. The van der Waals surface area contributed by atoms with Crippen LogP contribution in [0.4, 0.5) is 4.79 Å². The summed E-state index contributed by atoms with van der Waals surface area (Å²) in [6, 6.07) is 9.88. The molecule has 1 aliphatic rings. The Morgan fingerprint density at radius 2 is 1.83 bits per heavy atom. The van der Waals surface area contributed by atoms with Gasteiger partial charge in [0.15, 0.2) is 0 Å². The number of aromatic nitrogens is 3. The van der Waals surface area contributed by atoms with E-state index in [1.54, 1.807) is 15.0 Å². The first-order valence-electron chi connectivity index (χ1n) is 12.1. The van der Waals surface area contributed by atoms with Gasteiger partial charge in [0, 0.05) is 36.8 Å². The molecule has 2 aromatic heterocycles. The molecule has 10 heteroatoms. The molecule has 8 nitrogen and oxygen atoms in total. The molecule has 36 heavy (non-hydrogen) atoms. The smallest absolute Gasteiger partial charge is 0.410 e. The number of piperidine rings is 1. The van der Waals surface area contributed by atoms with Gasteiger partial charge in [-0.25, -0.2) is 14.5 Å². The number of thiazole rings is 1. The zero-order valence-electron chi connectivity index (χ0n) is 21.3. The van der Waals surface area contributed by atoms with E-state index < -0.39 is 5.60 Å². The summed E-state index contributed by atoms with van der Waals surface area (Å²) in [7, 11) is 0. The first kappa shape index (κ1) is 26.3. The molecule has 0 spiro atoms. The lowest BCUT2D eigenvalue weighted by atomic mass is 10.0. The third kappa shape index (κ3) is 5.98. The Morgan fingerprint density at radius 3 is 2.44 bits per heavy atom. The van der Waals surface area contributed by atoms with E-state index in [-0.39, 0.29) is 24.1 Å². The molecule has 2 amide bonds. The van der Waals surface area contributed by atoms with E-state index in [0.29, 0.717) is 42.3 Å². The minimum atomic E-state index is -0.526. The van der Waals surface area contributed by atoms with Crippen LogP contribution < -0.4 is 0 Å². The third-order valence-corrected chi connectivity index (χ3v) is 7.35. The minimum absolute atomic E-state index is 0.00440. The van der Waals surface area contributed by atoms with Gasteiger partial charge in [-0.1, -0.05) is 18.2 Å². The Morgan fingerprint density at radius 1 is 1.17 bits per heavy atom. The molecular weight excluding hydrogens is 542 g/mol. The molecule has 0 radical (unpaired) electrons. The van der Waals surface area contributed by atoms with Gasteiger partial charge >= 0.3 is 6.09 Å². The summed E-state index contributed by atoms with van der Waals surface area (Å²) in [6.45, 7) is 10.7. The van der Waals surface area contributed by atoms with E-state index in [1.807, 2.05) is 76.0 Å². The number of hydrogen-bond donors (Lipinski definition) is 0. The van der Waals surface area contributed by atoms with E-state index in [0.717, 1.165) is 10.2 Å². The fraction of sp³-hybridized carbons (Fsp3) is 0.462. The molecule has 3 aromatic rings. The Balaban J connectivity index is 1.47. The fourth-order valence-electron chi connectivity index (χ4n) is 4.30. The Labute approximate surface area is 224 Å². The zero-order valence-corrected chi connectivity index (χ0v) is 23.7. The maximum absolute atomic E-state index is 13.6. The van der Waals surface area contributed by atoms with Crippen LogP contribution >= 0.6 is 27.3 Å². The molecule has 1 saturated heterocycles. The van der Waals surface area contributed by atoms with Gasteiger partial charge in [-0.3, -0.25) is 4.79 Å². The molecule has 0 N–H and O–H groups in total. The molecule has 1 aromatic carbocycles. The highest BCUT2D eigenvalue weighted by molar-refractivity contribution is 9.10. The highest BCUT2D eigenvalue weighted by atomic mass is 79.9. The standard InChI is InChI=1S/C26H32BrN5O3S/c1-17(2)32(19-11-13-30(14-12-19)25(34)35-26(3,4)5)24(33)21-16-36-23(28-21)22-20(27)15-31(29-22)18-9-7-6-8-10-18/h6-10,15-17,19H,11-14H2,1-5H3. The van der Waals surface area contributed by atoms with E-state index in [4.69, 9.17) is 4.74 Å². The first-order valence-corrected chi connectivity index (χ1v) is 13.8. The molecule has 4 rings (SSSR count). The van der Waals surface area contributed by atoms with Gasteiger partial charge in [0.05, 0.1) is 10.2 Å². The average molecular weight is 575 g/mol. The normalized spacial score (nSPS) is 14.8. The molecule has 1 aliphatic heterocycles. The third-order valence-electron chi connectivity index (χ3n) is 5.92. The van der Waals surface area contributed by atoms with Crippen molar-refractivity contribution in [3.05, 3.63) is 52.1 Å². The number of likely N-dealkylation sites (tertiary alicyclic amines) is 1. The quantitative estimate of drug-likeness (QED) is 0.373. The second-order valence-electron chi connectivity index (χ2n) is 10.1. The lowest BCUT2D eigenvalue weighted by Crippen LogP contribution is -2.51. The van der Waals surface area contributed by atoms with Crippen molar-refractivity contribution in [3.63, 3.8) is 0 Å². The van der Waals surface area contributed by atoms with Crippen molar-refractivity contribution in [3.8, 4) is 16.4 Å². The molecule has 0 bridgehead atoms. The predicted molar refractivity (Wildman–Crippen MR) is 145 cm³/mol. The number of carbonyl (C=O) groups excluding carboxylic acids is 2. The van der Waals surface area contributed by atoms with Gasteiger partial charge in [0.1, 0.15) is 22.0 Å². The van der Waals surface area contributed by atoms with Crippen molar-refractivity contribution in [2.45, 2.75) is 65.1 Å². The molecule has 192 valence electrons. The highest BCUT2D eigenvalue weighted by Crippen LogP contribution is 2.31. The second-order valence-corrected chi connectivity index (χ2v) is 11.9. The monoisotopic (exact) mass is 573 g/mol. The Hall–Kier alpha value is -2.72. The molecular formula is C26H32BrN5O3S. The van der Waals surface area contributed by atoms with Gasteiger partial charge in [-0.2, -0.15) is 5.10 Å². The maximum Gasteiger partial charge on any atom is 0.410 e. The number of rotatable bonds is 5. The van der Waals surface area contributed by atoms with Crippen LogP contribution in [0.25, 0.3) is 16.4 Å². The van der Waals surface area contributed by atoms with Crippen LogP contribution in [0, 0.1) is 0 Å². The van der Waals surface area contributed by atoms with Gasteiger partial charge < -0.3 is 14.5 Å². The number of ether oxygens (including phenoxy) is 1. The Bertz CT molecular complexity index is 1210. The van der Waals surface area contributed by atoms with Crippen molar-refractivity contribution >= 4 is 39.3 Å². The number of nitrogens with zero attached hydrogens (tertiary/aromatic N) is 5. The van der Waals surface area contributed by atoms with E-state index in [1.165, 1.54) is 11.3 Å². The zero-order chi connectivity index (χ0) is 26.0. The van der Waals surface area contributed by atoms with Gasteiger partial charge in [0.25, 0.3) is 5.91 Å². The van der Waals surface area contributed by atoms with Crippen LogP contribution in [-0.2, 0) is 4.74 Å². The van der Waals surface area contributed by atoms with E-state index >= 15 is 0 Å². The van der Waals surface area contributed by atoms with Crippen LogP contribution in [0.2, 0.25) is 0 Å². The molecule has 0 atom stereocenters. The van der Waals surface area contributed by atoms with Crippen LogP contribution in [0.3, 0.4) is 0 Å². The van der Waals surface area contributed by atoms with Crippen molar-refractivity contribution in [1.82, 2.24) is 24.6 Å². The number of halogens is 1. The van der Waals surface area contributed by atoms with Crippen LogP contribution in [0.15, 0.2) is 46.4 Å². The summed E-state index contributed by atoms with van der Waals surface area (Å²) in [5, 5.41) is 7.17. The lowest BCUT2D eigenvalue weighted by Gasteiger charge is -2.40. The maximum atomic E-state index is 13.6. The summed E-state index contributed by atoms with van der Waals surface area (Å²) in [5.41, 5.74) is 1.53. The number of carbonyl (C=O) groups is 2. The summed E-state index contributed by atoms with van der Waals surface area (Å²) >= 11 is 5.00. The highest BCUT2D eigenvalue weighted by Gasteiger charge is 2.34. The minimum Gasteiger partial charge on any atom is -0.444 e. The summed E-state index contributed by atoms with van der Waals surface area (Å²) in [4.78, 5) is 34.3. The van der Waals surface area contributed by atoms with E-state index in [2.05, 4.69) is 26.0 Å². The van der Waals surface area contributed by atoms with E-state index in [9.17, 15) is 9.59 Å². The molecule has 0 unspecified atom stereocenters. The topological polar surface area (TPSA) is 80.6 Å². The van der Waals surface area contributed by atoms with Crippen LogP contribution in [0.5, 0.6) is 0 Å². The molecule has 0 saturated carbocycles. The van der Waals surface area contributed by atoms with Crippen molar-refractivity contribution < 1.29 is 14.3 Å². The number of para-hydroxylation sites is 1. The van der Waals surface area contributed by atoms with Gasteiger partial charge in [-0.05, 0) is 75.5 Å². The van der Waals surface area contributed by atoms with Gasteiger partial charge in [-0.15, -0.1) is 11.3 Å². The summed E-state index contributed by atoms with van der Waals surface area (Å²) in [6.07, 6.45) is 3.00. The number of amides is 2. The lowest BCUT2D eigenvalue weighted by molar-refractivity contribution is 0.0127. The van der Waals surface area contributed by atoms with Crippen molar-refractivity contribution in [2.24, 2.45) is 0 Å². The van der Waals surface area contributed by atoms with Gasteiger partial charge in [0.2, 0.25) is 0 Å². The predicted octanol–water partition coefficient (Wildman–Crippen LogP) is 6.01. The van der Waals surface area contributed by atoms with Crippen molar-refractivity contribution in [1.29, 1.82) is 0 Å². The number of hydrogen-bond acceptors (Lipinski definition) is 6. The van der Waals surface area contributed by atoms with Crippen LogP contribution in [0.1, 0.15) is 57.9 Å². The molecule has 3 heterocycles. The Kier molecular flexibility index (Phi) is 7.85. The fourth-order valence-corrected chi connectivity index (χ4v) is 5.68.